The Morgan fingerprint density at radius 1 is 1.06 bits per heavy atom. The summed E-state index contributed by atoms with van der Waals surface area (Å²) in [6, 6.07) is 9.84. The molecule has 1 aromatic carbocycles. The Labute approximate surface area is 201 Å². The normalized spacial score (nSPS) is 25.3. The minimum atomic E-state index is -4.56. The van der Waals surface area contributed by atoms with Crippen molar-refractivity contribution in [1.82, 2.24) is 20.5 Å². The molecular weight excluding hydrogens is 461 g/mol. The van der Waals surface area contributed by atoms with Crippen LogP contribution in [0, 0.1) is 0 Å². The lowest BCUT2D eigenvalue weighted by atomic mass is 9.83. The van der Waals surface area contributed by atoms with Crippen LogP contribution in [0.4, 0.5) is 13.2 Å². The van der Waals surface area contributed by atoms with Crippen molar-refractivity contribution in [3.05, 3.63) is 65.5 Å². The van der Waals surface area contributed by atoms with E-state index >= 15 is 0 Å². The zero-order chi connectivity index (χ0) is 25.0. The van der Waals surface area contributed by atoms with Gasteiger partial charge in [-0.15, -0.1) is 0 Å². The van der Waals surface area contributed by atoms with Gasteiger partial charge in [-0.05, 0) is 56.0 Å². The summed E-state index contributed by atoms with van der Waals surface area (Å²) >= 11 is 0. The number of likely N-dealkylation sites (tertiary alicyclic amines) is 1. The fourth-order valence-corrected chi connectivity index (χ4v) is 4.97. The molecule has 2 fully saturated rings. The number of nitrogens with one attached hydrogen (secondary N) is 2. The van der Waals surface area contributed by atoms with E-state index in [-0.39, 0.29) is 5.56 Å². The first-order valence-electron chi connectivity index (χ1n) is 11.8. The highest BCUT2D eigenvalue weighted by Gasteiger charge is 2.37. The summed E-state index contributed by atoms with van der Waals surface area (Å²) in [4.78, 5) is 31.2. The standard InChI is InChI=1S/C25H29F3N4O3/c26-25(27,28)18-5-3-4-17(12-18)24(35)30-13-23(34)31-21-14-32(15-22(21)33)19-9-7-16(8-10-19)20-6-1-2-11-29-20/h1-6,11-12,16,19,21-22,33H,7-10,13-15H2,(H,30,35)(H,31,34). The van der Waals surface area contributed by atoms with Crippen LogP contribution in [0.2, 0.25) is 0 Å². The molecule has 2 amide bonds. The molecule has 1 saturated carbocycles. The predicted molar refractivity (Wildman–Crippen MR) is 123 cm³/mol. The van der Waals surface area contributed by atoms with Crippen LogP contribution in [0.15, 0.2) is 48.7 Å². The lowest BCUT2D eigenvalue weighted by Gasteiger charge is -2.34. The number of aromatic nitrogens is 1. The van der Waals surface area contributed by atoms with E-state index in [9.17, 15) is 27.9 Å². The average molecular weight is 491 g/mol. The number of rotatable bonds is 6. The van der Waals surface area contributed by atoms with E-state index in [4.69, 9.17) is 0 Å². The van der Waals surface area contributed by atoms with Gasteiger partial charge < -0.3 is 15.7 Å². The Bertz CT molecular complexity index is 1030. The summed E-state index contributed by atoms with van der Waals surface area (Å²) in [6.07, 6.45) is 0.540. The second-order valence-electron chi connectivity index (χ2n) is 9.22. The van der Waals surface area contributed by atoms with Gasteiger partial charge in [-0.1, -0.05) is 12.1 Å². The smallest absolute Gasteiger partial charge is 0.390 e. The van der Waals surface area contributed by atoms with E-state index in [1.165, 1.54) is 6.07 Å². The van der Waals surface area contributed by atoms with Crippen LogP contribution >= 0.6 is 0 Å². The Balaban J connectivity index is 1.23. The fraction of sp³-hybridized carbons (Fsp3) is 0.480. The first-order chi connectivity index (χ1) is 16.7. The molecule has 2 heterocycles. The number of β-amino-alcohol motifs (C(OH)–C–C–N with tert-alkyl or cyclic N) is 1. The molecule has 4 rings (SSSR count). The summed E-state index contributed by atoms with van der Waals surface area (Å²) in [5.74, 6) is -0.837. The van der Waals surface area contributed by atoms with Gasteiger partial charge in [0, 0.05) is 42.5 Å². The Hall–Kier alpha value is -2.98. The molecular formula is C25H29F3N4O3. The first-order valence-corrected chi connectivity index (χ1v) is 11.8. The zero-order valence-electron chi connectivity index (χ0n) is 19.2. The predicted octanol–water partition coefficient (Wildman–Crippen LogP) is 2.72. The van der Waals surface area contributed by atoms with Crippen molar-refractivity contribution in [2.24, 2.45) is 0 Å². The summed E-state index contributed by atoms with van der Waals surface area (Å²) in [7, 11) is 0. The molecule has 7 nitrogen and oxygen atoms in total. The van der Waals surface area contributed by atoms with Crippen LogP contribution in [0.3, 0.4) is 0 Å². The van der Waals surface area contributed by atoms with Crippen LogP contribution in [0.25, 0.3) is 0 Å². The van der Waals surface area contributed by atoms with Gasteiger partial charge in [-0.3, -0.25) is 19.5 Å². The third kappa shape index (κ3) is 6.37. The minimum absolute atomic E-state index is 0.180. The second-order valence-corrected chi connectivity index (χ2v) is 9.22. The Morgan fingerprint density at radius 3 is 2.51 bits per heavy atom. The highest BCUT2D eigenvalue weighted by Crippen LogP contribution is 2.35. The van der Waals surface area contributed by atoms with Crippen LogP contribution in [-0.4, -0.2) is 64.6 Å². The van der Waals surface area contributed by atoms with Crippen molar-refractivity contribution in [3.63, 3.8) is 0 Å². The number of carbonyl (C=O) groups excluding carboxylic acids is 2. The highest BCUT2D eigenvalue weighted by molar-refractivity contribution is 5.96. The van der Waals surface area contributed by atoms with Crippen molar-refractivity contribution in [3.8, 4) is 0 Å². The lowest BCUT2D eigenvalue weighted by molar-refractivity contribution is -0.137. The van der Waals surface area contributed by atoms with Gasteiger partial charge in [0.05, 0.1) is 24.3 Å². The first kappa shape index (κ1) is 25.1. The molecule has 0 radical (unpaired) electrons. The number of amides is 2. The van der Waals surface area contributed by atoms with Gasteiger partial charge >= 0.3 is 6.18 Å². The van der Waals surface area contributed by atoms with Crippen molar-refractivity contribution in [2.45, 2.75) is 56.0 Å². The molecule has 10 heteroatoms. The molecule has 1 aromatic heterocycles. The maximum absolute atomic E-state index is 12.8. The van der Waals surface area contributed by atoms with E-state index in [0.717, 1.165) is 49.6 Å². The fourth-order valence-electron chi connectivity index (χ4n) is 4.97. The number of aliphatic hydroxyl groups is 1. The van der Waals surface area contributed by atoms with Crippen molar-refractivity contribution < 1.29 is 27.9 Å². The molecule has 2 aromatic rings. The summed E-state index contributed by atoms with van der Waals surface area (Å²) in [5, 5.41) is 15.6. The summed E-state index contributed by atoms with van der Waals surface area (Å²) < 4.78 is 38.5. The van der Waals surface area contributed by atoms with Crippen LogP contribution in [-0.2, 0) is 11.0 Å². The maximum atomic E-state index is 12.8. The molecule has 0 bridgehead atoms. The molecule has 1 aliphatic heterocycles. The molecule has 1 aliphatic carbocycles. The van der Waals surface area contributed by atoms with E-state index < -0.39 is 42.2 Å². The number of hydrogen-bond acceptors (Lipinski definition) is 5. The van der Waals surface area contributed by atoms with E-state index in [0.29, 0.717) is 25.0 Å². The van der Waals surface area contributed by atoms with Crippen LogP contribution < -0.4 is 10.6 Å². The van der Waals surface area contributed by atoms with Gasteiger partial charge in [0.15, 0.2) is 0 Å². The van der Waals surface area contributed by atoms with Crippen molar-refractivity contribution in [1.29, 1.82) is 0 Å². The van der Waals surface area contributed by atoms with Crippen LogP contribution in [0.5, 0.6) is 0 Å². The SMILES string of the molecule is O=C(CNC(=O)c1cccc(C(F)(F)F)c1)NC1CN(C2CCC(c3ccccn3)CC2)CC1O. The number of carbonyl (C=O) groups is 2. The van der Waals surface area contributed by atoms with E-state index in [1.807, 2.05) is 18.3 Å². The summed E-state index contributed by atoms with van der Waals surface area (Å²) in [5.41, 5.74) is 0.00330. The number of hydrogen-bond donors (Lipinski definition) is 3. The highest BCUT2D eigenvalue weighted by atomic mass is 19.4. The van der Waals surface area contributed by atoms with Gasteiger partial charge in [0.25, 0.3) is 5.91 Å². The van der Waals surface area contributed by atoms with E-state index in [2.05, 4.69) is 26.6 Å². The number of pyridine rings is 1. The minimum Gasteiger partial charge on any atom is -0.390 e. The van der Waals surface area contributed by atoms with Crippen molar-refractivity contribution >= 4 is 11.8 Å². The second kappa shape index (κ2) is 10.7. The van der Waals surface area contributed by atoms with E-state index in [1.54, 1.807) is 0 Å². The molecule has 2 unspecified atom stereocenters. The molecule has 188 valence electrons. The average Bonchev–Trinajstić information content (AvgIpc) is 3.22. The van der Waals surface area contributed by atoms with Crippen LogP contribution in [0.1, 0.15) is 53.2 Å². The zero-order valence-corrected chi connectivity index (χ0v) is 19.2. The molecule has 2 aliphatic rings. The number of alkyl halides is 3. The largest absolute Gasteiger partial charge is 0.416 e. The van der Waals surface area contributed by atoms with Gasteiger partial charge in [-0.25, -0.2) is 0 Å². The lowest BCUT2D eigenvalue weighted by Crippen LogP contribution is -2.47. The van der Waals surface area contributed by atoms with Gasteiger partial charge in [0.2, 0.25) is 5.91 Å². The third-order valence-corrected chi connectivity index (χ3v) is 6.84. The molecule has 35 heavy (non-hydrogen) atoms. The van der Waals surface area contributed by atoms with Gasteiger partial charge in [0.1, 0.15) is 0 Å². The number of benzene rings is 1. The quantitative estimate of drug-likeness (QED) is 0.579. The molecule has 3 N–H and O–H groups in total. The molecule has 1 saturated heterocycles. The number of halogens is 3. The number of aliphatic hydroxyl groups excluding tert-OH is 1. The molecule has 2 atom stereocenters. The summed E-state index contributed by atoms with van der Waals surface area (Å²) in [6.45, 7) is 0.571. The van der Waals surface area contributed by atoms with Crippen molar-refractivity contribution in [2.75, 3.05) is 19.6 Å². The molecule has 0 spiro atoms. The monoisotopic (exact) mass is 490 g/mol. The Kier molecular flexibility index (Phi) is 7.71. The third-order valence-electron chi connectivity index (χ3n) is 6.84. The van der Waals surface area contributed by atoms with Gasteiger partial charge in [-0.2, -0.15) is 13.2 Å². The maximum Gasteiger partial charge on any atom is 0.416 e. The number of nitrogens with zero attached hydrogens (tertiary/aromatic N) is 2. The topological polar surface area (TPSA) is 94.6 Å². The Morgan fingerprint density at radius 2 is 1.83 bits per heavy atom.